The Morgan fingerprint density at radius 1 is 1.22 bits per heavy atom. The van der Waals surface area contributed by atoms with E-state index < -0.39 is 0 Å². The molecular weight excluding hydrogens is 222 g/mol. The summed E-state index contributed by atoms with van der Waals surface area (Å²) in [6.07, 6.45) is 0. The lowest BCUT2D eigenvalue weighted by Crippen LogP contribution is -2.40. The van der Waals surface area contributed by atoms with Gasteiger partial charge < -0.3 is 10.1 Å². The van der Waals surface area contributed by atoms with Crippen LogP contribution in [-0.4, -0.2) is 13.7 Å². The highest BCUT2D eigenvalue weighted by Gasteiger charge is 2.35. The third-order valence-corrected chi connectivity index (χ3v) is 3.96. The van der Waals surface area contributed by atoms with E-state index in [0.717, 1.165) is 12.3 Å². The van der Waals surface area contributed by atoms with Gasteiger partial charge in [0, 0.05) is 18.2 Å². The third kappa shape index (κ3) is 2.14. The molecule has 0 aromatic heterocycles. The quantitative estimate of drug-likeness (QED) is 0.815. The molecule has 0 aliphatic carbocycles. The van der Waals surface area contributed by atoms with Crippen molar-refractivity contribution < 1.29 is 4.74 Å². The topological polar surface area (TPSA) is 21.3 Å². The first-order valence-electron chi connectivity index (χ1n) is 6.77. The number of fused-ring (bicyclic) bond motifs is 1. The number of ether oxygens (including phenoxy) is 1. The maximum Gasteiger partial charge on any atom is 0.122 e. The zero-order valence-corrected chi connectivity index (χ0v) is 12.4. The van der Waals surface area contributed by atoms with Gasteiger partial charge in [0.25, 0.3) is 0 Å². The number of hydrogen-bond donors (Lipinski definition) is 1. The minimum Gasteiger partial charge on any atom is -0.496 e. The first-order chi connectivity index (χ1) is 8.36. The Hall–Kier alpha value is -1.02. The van der Waals surface area contributed by atoms with E-state index in [4.69, 9.17) is 4.74 Å². The molecule has 0 saturated heterocycles. The predicted molar refractivity (Wildman–Crippen MR) is 76.3 cm³/mol. The van der Waals surface area contributed by atoms with Crippen molar-refractivity contribution in [3.05, 3.63) is 28.8 Å². The van der Waals surface area contributed by atoms with Crippen LogP contribution in [0.5, 0.6) is 5.75 Å². The second-order valence-corrected chi connectivity index (χ2v) is 6.52. The molecule has 2 nitrogen and oxygen atoms in total. The van der Waals surface area contributed by atoms with E-state index in [2.05, 4.69) is 52.1 Å². The Bertz CT molecular complexity index is 445. The third-order valence-electron chi connectivity index (χ3n) is 3.96. The van der Waals surface area contributed by atoms with Gasteiger partial charge in [-0.1, -0.05) is 33.8 Å². The maximum absolute atomic E-state index is 5.57. The largest absolute Gasteiger partial charge is 0.496 e. The van der Waals surface area contributed by atoms with Gasteiger partial charge in [0.15, 0.2) is 0 Å². The zero-order valence-electron chi connectivity index (χ0n) is 12.4. The summed E-state index contributed by atoms with van der Waals surface area (Å²) in [5.74, 6) is 1.55. The molecule has 1 aromatic rings. The Morgan fingerprint density at radius 3 is 2.44 bits per heavy atom. The average Bonchev–Trinajstić information content (AvgIpc) is 2.29. The van der Waals surface area contributed by atoms with Crippen molar-refractivity contribution in [1.82, 2.24) is 5.32 Å². The summed E-state index contributed by atoms with van der Waals surface area (Å²) >= 11 is 0. The average molecular weight is 247 g/mol. The van der Waals surface area contributed by atoms with Crippen molar-refractivity contribution in [3.8, 4) is 5.75 Å². The van der Waals surface area contributed by atoms with Crippen molar-refractivity contribution >= 4 is 0 Å². The fourth-order valence-corrected chi connectivity index (χ4v) is 3.03. The lowest BCUT2D eigenvalue weighted by Gasteiger charge is -2.40. The highest BCUT2D eigenvalue weighted by atomic mass is 16.5. The summed E-state index contributed by atoms with van der Waals surface area (Å²) in [5.41, 5.74) is 4.42. The molecule has 0 radical (unpaired) electrons. The first kappa shape index (κ1) is 13.4. The van der Waals surface area contributed by atoms with Gasteiger partial charge in [-0.3, -0.25) is 0 Å². The van der Waals surface area contributed by atoms with Gasteiger partial charge in [-0.05, 0) is 35.4 Å². The van der Waals surface area contributed by atoms with E-state index in [9.17, 15) is 0 Å². The summed E-state index contributed by atoms with van der Waals surface area (Å²) < 4.78 is 5.57. The number of nitrogens with one attached hydrogen (secondary N) is 1. The van der Waals surface area contributed by atoms with Crippen molar-refractivity contribution in [3.63, 3.8) is 0 Å². The predicted octanol–water partition coefficient (Wildman–Crippen LogP) is 3.80. The molecule has 18 heavy (non-hydrogen) atoms. The summed E-state index contributed by atoms with van der Waals surface area (Å²) in [6.45, 7) is 12.4. The van der Waals surface area contributed by atoms with Crippen LogP contribution in [0.15, 0.2) is 12.1 Å². The van der Waals surface area contributed by atoms with Gasteiger partial charge in [0.05, 0.1) is 7.11 Å². The van der Waals surface area contributed by atoms with Crippen LogP contribution in [-0.2, 0) is 0 Å². The van der Waals surface area contributed by atoms with E-state index in [0.29, 0.717) is 12.0 Å². The molecule has 0 saturated carbocycles. The van der Waals surface area contributed by atoms with Crippen LogP contribution in [0.1, 0.15) is 56.3 Å². The van der Waals surface area contributed by atoms with Gasteiger partial charge in [-0.2, -0.15) is 0 Å². The molecule has 2 rings (SSSR count). The van der Waals surface area contributed by atoms with Crippen molar-refractivity contribution in [2.45, 2.75) is 46.6 Å². The van der Waals surface area contributed by atoms with E-state index >= 15 is 0 Å². The molecule has 1 heterocycles. The van der Waals surface area contributed by atoms with Crippen LogP contribution in [0.2, 0.25) is 0 Å². The van der Waals surface area contributed by atoms with Gasteiger partial charge in [-0.15, -0.1) is 0 Å². The van der Waals surface area contributed by atoms with E-state index in [-0.39, 0.29) is 5.41 Å². The van der Waals surface area contributed by atoms with Crippen LogP contribution >= 0.6 is 0 Å². The van der Waals surface area contributed by atoms with Crippen LogP contribution in [0.4, 0.5) is 0 Å². The van der Waals surface area contributed by atoms with E-state index in [1.54, 1.807) is 7.11 Å². The molecule has 1 aliphatic heterocycles. The van der Waals surface area contributed by atoms with Crippen LogP contribution < -0.4 is 10.1 Å². The summed E-state index contributed by atoms with van der Waals surface area (Å²) in [5, 5.41) is 3.70. The minimum absolute atomic E-state index is 0.214. The number of aryl methyl sites for hydroxylation is 1. The standard InChI is InChI=1S/C16H25NO/c1-10-7-8-12(18-6)13-11(2)9-17-15(14(10)13)16(3,4)5/h7-8,11,15,17H,9H2,1-6H3. The number of methoxy groups -OCH3 is 1. The molecule has 2 heteroatoms. The molecule has 1 aromatic carbocycles. The Balaban J connectivity index is 2.64. The molecule has 0 amide bonds. The lowest BCUT2D eigenvalue weighted by atomic mass is 9.74. The minimum atomic E-state index is 0.214. The highest BCUT2D eigenvalue weighted by molar-refractivity contribution is 5.50. The molecule has 0 fully saturated rings. The van der Waals surface area contributed by atoms with Crippen molar-refractivity contribution in [2.75, 3.05) is 13.7 Å². The fourth-order valence-electron chi connectivity index (χ4n) is 3.03. The van der Waals surface area contributed by atoms with Crippen molar-refractivity contribution in [1.29, 1.82) is 0 Å². The number of rotatable bonds is 1. The molecule has 1 aliphatic rings. The van der Waals surface area contributed by atoms with Crippen LogP contribution in [0.25, 0.3) is 0 Å². The van der Waals surface area contributed by atoms with E-state index in [1.165, 1.54) is 16.7 Å². The number of benzene rings is 1. The summed E-state index contributed by atoms with van der Waals surface area (Å²) in [4.78, 5) is 0. The van der Waals surface area contributed by atoms with Crippen LogP contribution in [0, 0.1) is 12.3 Å². The molecular formula is C16H25NO. The summed E-state index contributed by atoms with van der Waals surface area (Å²) in [6, 6.07) is 4.69. The van der Waals surface area contributed by atoms with Gasteiger partial charge in [0.2, 0.25) is 0 Å². The molecule has 2 unspecified atom stereocenters. The van der Waals surface area contributed by atoms with Crippen molar-refractivity contribution in [2.24, 2.45) is 5.41 Å². The molecule has 2 atom stereocenters. The Labute approximate surface area is 111 Å². The normalized spacial score (nSPS) is 23.7. The molecule has 0 spiro atoms. The lowest BCUT2D eigenvalue weighted by molar-refractivity contribution is 0.252. The molecule has 0 bridgehead atoms. The molecule has 1 N–H and O–H groups in total. The fraction of sp³-hybridized carbons (Fsp3) is 0.625. The Kier molecular flexibility index (Phi) is 3.41. The maximum atomic E-state index is 5.57. The SMILES string of the molecule is COc1ccc(C)c2c1C(C)CNC2C(C)(C)C. The highest BCUT2D eigenvalue weighted by Crippen LogP contribution is 2.44. The summed E-state index contributed by atoms with van der Waals surface area (Å²) in [7, 11) is 1.77. The smallest absolute Gasteiger partial charge is 0.122 e. The second kappa shape index (κ2) is 4.58. The van der Waals surface area contributed by atoms with Gasteiger partial charge in [-0.25, -0.2) is 0 Å². The van der Waals surface area contributed by atoms with Crippen LogP contribution in [0.3, 0.4) is 0 Å². The Morgan fingerprint density at radius 2 is 1.89 bits per heavy atom. The van der Waals surface area contributed by atoms with Gasteiger partial charge in [0.1, 0.15) is 5.75 Å². The zero-order chi connectivity index (χ0) is 13.5. The van der Waals surface area contributed by atoms with Gasteiger partial charge >= 0.3 is 0 Å². The molecule has 100 valence electrons. The second-order valence-electron chi connectivity index (χ2n) is 6.52. The van der Waals surface area contributed by atoms with E-state index in [1.807, 2.05) is 0 Å². The monoisotopic (exact) mass is 247 g/mol. The number of hydrogen-bond acceptors (Lipinski definition) is 2. The first-order valence-corrected chi connectivity index (χ1v) is 6.77.